The second-order valence-electron chi connectivity index (χ2n) is 3.19. The standard InChI is InChI=1S/C11H13NO3/c1-12(6-7-13)11(15)10-4-2-9(8-14)3-5-10/h2-5,8,13H,6-7H2,1H3. The van der Waals surface area contributed by atoms with Crippen molar-refractivity contribution in [1.82, 2.24) is 4.90 Å². The first-order valence-corrected chi connectivity index (χ1v) is 4.60. The molecule has 0 saturated carbocycles. The topological polar surface area (TPSA) is 57.6 Å². The summed E-state index contributed by atoms with van der Waals surface area (Å²) < 4.78 is 0. The number of amides is 1. The van der Waals surface area contributed by atoms with Crippen LogP contribution in [0.4, 0.5) is 0 Å². The van der Waals surface area contributed by atoms with Gasteiger partial charge in [0.1, 0.15) is 6.29 Å². The summed E-state index contributed by atoms with van der Waals surface area (Å²) >= 11 is 0. The Bertz CT molecular complexity index is 345. The summed E-state index contributed by atoms with van der Waals surface area (Å²) in [5, 5.41) is 8.67. The molecule has 1 N–H and O–H groups in total. The van der Waals surface area contributed by atoms with E-state index in [9.17, 15) is 9.59 Å². The Labute approximate surface area is 88.1 Å². The zero-order valence-electron chi connectivity index (χ0n) is 8.51. The Kier molecular flexibility index (Phi) is 4.00. The summed E-state index contributed by atoms with van der Waals surface area (Å²) in [7, 11) is 1.62. The van der Waals surface area contributed by atoms with E-state index in [-0.39, 0.29) is 12.5 Å². The van der Waals surface area contributed by atoms with Gasteiger partial charge in [-0.05, 0) is 12.1 Å². The van der Waals surface area contributed by atoms with E-state index in [1.54, 1.807) is 31.3 Å². The maximum atomic E-state index is 11.7. The van der Waals surface area contributed by atoms with E-state index >= 15 is 0 Å². The first-order valence-electron chi connectivity index (χ1n) is 4.60. The average molecular weight is 207 g/mol. The Morgan fingerprint density at radius 3 is 2.47 bits per heavy atom. The summed E-state index contributed by atoms with van der Waals surface area (Å²) in [6.45, 7) is 0.239. The predicted octanol–water partition coefficient (Wildman–Crippen LogP) is 0.563. The molecule has 4 nitrogen and oxygen atoms in total. The quantitative estimate of drug-likeness (QED) is 0.734. The highest BCUT2D eigenvalue weighted by molar-refractivity contribution is 5.94. The van der Waals surface area contributed by atoms with Crippen molar-refractivity contribution in [3.05, 3.63) is 35.4 Å². The van der Waals surface area contributed by atoms with Crippen molar-refractivity contribution in [3.8, 4) is 0 Å². The van der Waals surface area contributed by atoms with Gasteiger partial charge in [-0.1, -0.05) is 12.1 Å². The maximum Gasteiger partial charge on any atom is 0.253 e. The SMILES string of the molecule is CN(CCO)C(=O)c1ccc(C=O)cc1. The number of aliphatic hydroxyl groups excluding tert-OH is 1. The van der Waals surface area contributed by atoms with E-state index in [1.165, 1.54) is 4.90 Å². The number of nitrogens with zero attached hydrogens (tertiary/aromatic N) is 1. The Morgan fingerprint density at radius 2 is 2.00 bits per heavy atom. The van der Waals surface area contributed by atoms with Crippen molar-refractivity contribution in [2.45, 2.75) is 0 Å². The van der Waals surface area contributed by atoms with E-state index in [2.05, 4.69) is 0 Å². The van der Waals surface area contributed by atoms with E-state index < -0.39 is 0 Å². The summed E-state index contributed by atoms with van der Waals surface area (Å²) in [4.78, 5) is 23.5. The average Bonchev–Trinajstić information content (AvgIpc) is 2.28. The summed E-state index contributed by atoms with van der Waals surface area (Å²) in [6.07, 6.45) is 0.728. The van der Waals surface area contributed by atoms with E-state index in [0.717, 1.165) is 6.29 Å². The van der Waals surface area contributed by atoms with Crippen molar-refractivity contribution in [3.63, 3.8) is 0 Å². The molecule has 1 aromatic rings. The first-order chi connectivity index (χ1) is 7.19. The molecule has 0 bridgehead atoms. The fourth-order valence-electron chi connectivity index (χ4n) is 1.18. The van der Waals surface area contributed by atoms with E-state index in [1.807, 2.05) is 0 Å². The normalized spacial score (nSPS) is 9.73. The summed E-state index contributed by atoms with van der Waals surface area (Å²) in [5.74, 6) is -0.165. The molecule has 1 rings (SSSR count). The molecular formula is C11H13NO3. The van der Waals surface area contributed by atoms with Crippen LogP contribution >= 0.6 is 0 Å². The molecule has 0 aromatic heterocycles. The minimum Gasteiger partial charge on any atom is -0.395 e. The maximum absolute atomic E-state index is 11.7. The minimum absolute atomic E-state index is 0.0609. The molecule has 0 aliphatic heterocycles. The van der Waals surface area contributed by atoms with Crippen LogP contribution in [0.5, 0.6) is 0 Å². The second kappa shape index (κ2) is 5.26. The van der Waals surface area contributed by atoms with E-state index in [0.29, 0.717) is 17.7 Å². The lowest BCUT2D eigenvalue weighted by molar-refractivity contribution is 0.0766. The van der Waals surface area contributed by atoms with Gasteiger partial charge in [0.05, 0.1) is 6.61 Å². The van der Waals surface area contributed by atoms with Crippen LogP contribution in [0.15, 0.2) is 24.3 Å². The molecule has 15 heavy (non-hydrogen) atoms. The summed E-state index contributed by atoms with van der Waals surface area (Å²) in [5.41, 5.74) is 1.05. The van der Waals surface area contributed by atoms with Crippen LogP contribution in [0.3, 0.4) is 0 Å². The number of carbonyl (C=O) groups is 2. The van der Waals surface area contributed by atoms with Crippen LogP contribution in [-0.2, 0) is 0 Å². The van der Waals surface area contributed by atoms with Gasteiger partial charge >= 0.3 is 0 Å². The fourth-order valence-corrected chi connectivity index (χ4v) is 1.18. The van der Waals surface area contributed by atoms with Gasteiger partial charge in [0.15, 0.2) is 0 Å². The molecule has 0 saturated heterocycles. The third kappa shape index (κ3) is 2.89. The molecule has 0 aliphatic rings. The third-order valence-electron chi connectivity index (χ3n) is 2.08. The molecule has 0 spiro atoms. The van der Waals surface area contributed by atoms with Gasteiger partial charge < -0.3 is 10.0 Å². The van der Waals surface area contributed by atoms with Crippen molar-refractivity contribution in [2.24, 2.45) is 0 Å². The number of aldehydes is 1. The van der Waals surface area contributed by atoms with Crippen molar-refractivity contribution in [2.75, 3.05) is 20.2 Å². The largest absolute Gasteiger partial charge is 0.395 e. The van der Waals surface area contributed by atoms with Crippen LogP contribution in [0.1, 0.15) is 20.7 Å². The monoisotopic (exact) mass is 207 g/mol. The number of likely N-dealkylation sites (N-methyl/N-ethyl adjacent to an activating group) is 1. The molecule has 0 fully saturated rings. The molecule has 0 radical (unpaired) electrons. The Balaban J connectivity index is 2.78. The Morgan fingerprint density at radius 1 is 1.40 bits per heavy atom. The van der Waals surface area contributed by atoms with Crippen LogP contribution in [0.25, 0.3) is 0 Å². The zero-order valence-corrected chi connectivity index (χ0v) is 8.51. The van der Waals surface area contributed by atoms with Crippen molar-refractivity contribution >= 4 is 12.2 Å². The fraction of sp³-hybridized carbons (Fsp3) is 0.273. The molecule has 0 heterocycles. The van der Waals surface area contributed by atoms with Gasteiger partial charge in [-0.15, -0.1) is 0 Å². The highest BCUT2D eigenvalue weighted by Gasteiger charge is 2.10. The lowest BCUT2D eigenvalue weighted by Crippen LogP contribution is -2.29. The Hall–Kier alpha value is -1.68. The number of carbonyl (C=O) groups excluding carboxylic acids is 2. The van der Waals surface area contributed by atoms with Gasteiger partial charge in [-0.2, -0.15) is 0 Å². The molecule has 0 unspecified atom stereocenters. The van der Waals surface area contributed by atoms with Gasteiger partial charge in [0.2, 0.25) is 0 Å². The van der Waals surface area contributed by atoms with Crippen LogP contribution < -0.4 is 0 Å². The van der Waals surface area contributed by atoms with Gasteiger partial charge in [-0.3, -0.25) is 9.59 Å². The minimum atomic E-state index is -0.165. The highest BCUT2D eigenvalue weighted by atomic mass is 16.3. The molecular weight excluding hydrogens is 194 g/mol. The van der Waals surface area contributed by atoms with Crippen LogP contribution in [0, 0.1) is 0 Å². The van der Waals surface area contributed by atoms with Crippen LogP contribution in [0.2, 0.25) is 0 Å². The molecule has 80 valence electrons. The third-order valence-corrected chi connectivity index (χ3v) is 2.08. The molecule has 0 atom stereocenters. The smallest absolute Gasteiger partial charge is 0.253 e. The van der Waals surface area contributed by atoms with Crippen molar-refractivity contribution in [1.29, 1.82) is 0 Å². The van der Waals surface area contributed by atoms with Gasteiger partial charge in [0.25, 0.3) is 5.91 Å². The number of benzene rings is 1. The summed E-state index contributed by atoms with van der Waals surface area (Å²) in [6, 6.07) is 6.37. The predicted molar refractivity (Wildman–Crippen MR) is 55.9 cm³/mol. The molecule has 1 aromatic carbocycles. The number of aliphatic hydroxyl groups is 1. The molecule has 1 amide bonds. The van der Waals surface area contributed by atoms with Gasteiger partial charge in [-0.25, -0.2) is 0 Å². The van der Waals surface area contributed by atoms with Gasteiger partial charge in [0, 0.05) is 24.7 Å². The molecule has 4 heteroatoms. The van der Waals surface area contributed by atoms with Crippen molar-refractivity contribution < 1.29 is 14.7 Å². The highest BCUT2D eigenvalue weighted by Crippen LogP contribution is 2.05. The number of hydrogen-bond acceptors (Lipinski definition) is 3. The molecule has 0 aliphatic carbocycles. The van der Waals surface area contributed by atoms with E-state index in [4.69, 9.17) is 5.11 Å². The first kappa shape index (κ1) is 11.4. The second-order valence-corrected chi connectivity index (χ2v) is 3.19. The van der Waals surface area contributed by atoms with Crippen LogP contribution in [-0.4, -0.2) is 42.4 Å². The number of hydrogen-bond donors (Lipinski definition) is 1. The zero-order chi connectivity index (χ0) is 11.3. The number of rotatable bonds is 4. The lowest BCUT2D eigenvalue weighted by atomic mass is 10.1. The lowest BCUT2D eigenvalue weighted by Gasteiger charge is -2.15.